The number of nitrogens with zero attached hydrogens (tertiary/aromatic N) is 5. The minimum Gasteiger partial charge on any atom is -0.382 e. The molecule has 2 N–H and O–H groups in total. The first-order valence-electron chi connectivity index (χ1n) is 6.96. The zero-order chi connectivity index (χ0) is 15.2. The average Bonchev–Trinajstić information content (AvgIpc) is 2.90. The first-order chi connectivity index (χ1) is 10.1. The summed E-state index contributed by atoms with van der Waals surface area (Å²) in [6.07, 6.45) is 3.14. The Morgan fingerprint density at radius 3 is 2.76 bits per heavy atom. The number of rotatable bonds is 7. The highest BCUT2D eigenvalue weighted by Crippen LogP contribution is 2.06. The molecule has 0 aliphatic heterocycles. The summed E-state index contributed by atoms with van der Waals surface area (Å²) >= 11 is 0. The van der Waals surface area contributed by atoms with Crippen molar-refractivity contribution in [3.63, 3.8) is 0 Å². The van der Waals surface area contributed by atoms with Crippen molar-refractivity contribution < 1.29 is 0 Å². The van der Waals surface area contributed by atoms with Crippen molar-refractivity contribution in [2.75, 3.05) is 25.5 Å². The quantitative estimate of drug-likeness (QED) is 0.703. The monoisotopic (exact) mass is 291 g/mol. The molecule has 2 aromatic rings. The van der Waals surface area contributed by atoms with Gasteiger partial charge in [-0.2, -0.15) is 10.2 Å². The molecule has 0 amide bonds. The fourth-order valence-electron chi connectivity index (χ4n) is 1.93. The third-order valence-electron chi connectivity index (χ3n) is 3.00. The van der Waals surface area contributed by atoms with Crippen LogP contribution in [0.5, 0.6) is 0 Å². The van der Waals surface area contributed by atoms with Gasteiger partial charge in [-0.15, -0.1) is 0 Å². The maximum Gasteiger partial charge on any atom is 0.269 e. The molecule has 2 aromatic heterocycles. The van der Waals surface area contributed by atoms with Gasteiger partial charge in [0.1, 0.15) is 18.7 Å². The Labute approximate surface area is 123 Å². The highest BCUT2D eigenvalue weighted by molar-refractivity contribution is 5.38. The lowest BCUT2D eigenvalue weighted by Gasteiger charge is -2.10. The summed E-state index contributed by atoms with van der Waals surface area (Å²) in [5.41, 5.74) is 0.555. The normalized spacial score (nSPS) is 11.0. The first kappa shape index (κ1) is 15.2. The Balaban J connectivity index is 2.10. The molecule has 0 bridgehead atoms. The summed E-state index contributed by atoms with van der Waals surface area (Å²) in [4.78, 5) is 16.3. The smallest absolute Gasteiger partial charge is 0.269 e. The van der Waals surface area contributed by atoms with Gasteiger partial charge in [-0.1, -0.05) is 0 Å². The van der Waals surface area contributed by atoms with Gasteiger partial charge in [-0.05, 0) is 20.9 Å². The molecule has 0 saturated heterocycles. The molecule has 0 spiro atoms. The topological polar surface area (TPSA) is 89.7 Å². The molecule has 0 radical (unpaired) electrons. The summed E-state index contributed by atoms with van der Waals surface area (Å²) in [6, 6.07) is 1.74. The number of nitrogens with one attached hydrogen (secondary N) is 2. The molecule has 114 valence electrons. The minimum absolute atomic E-state index is 0.164. The second-order valence-electron chi connectivity index (χ2n) is 4.99. The number of hydrogen-bond acceptors (Lipinski definition) is 6. The maximum absolute atomic E-state index is 12.1. The summed E-state index contributed by atoms with van der Waals surface area (Å²) < 4.78 is 3.17. The van der Waals surface area contributed by atoms with Crippen LogP contribution in [0.3, 0.4) is 0 Å². The lowest BCUT2D eigenvalue weighted by Crippen LogP contribution is -2.26. The maximum atomic E-state index is 12.1. The molecule has 8 heteroatoms. The Morgan fingerprint density at radius 2 is 2.10 bits per heavy atom. The zero-order valence-electron chi connectivity index (χ0n) is 12.6. The van der Waals surface area contributed by atoms with E-state index in [1.165, 1.54) is 11.0 Å². The van der Waals surface area contributed by atoms with Gasteiger partial charge in [-0.3, -0.25) is 4.79 Å². The van der Waals surface area contributed by atoms with Crippen molar-refractivity contribution in [1.82, 2.24) is 29.9 Å². The van der Waals surface area contributed by atoms with E-state index in [2.05, 4.69) is 25.8 Å². The second kappa shape index (κ2) is 6.98. The van der Waals surface area contributed by atoms with E-state index in [4.69, 9.17) is 0 Å². The molecule has 0 unspecified atom stereocenters. The van der Waals surface area contributed by atoms with Crippen LogP contribution in [0.2, 0.25) is 0 Å². The largest absolute Gasteiger partial charge is 0.382 e. The average molecular weight is 291 g/mol. The predicted molar refractivity (Wildman–Crippen MR) is 80.4 cm³/mol. The van der Waals surface area contributed by atoms with E-state index in [0.29, 0.717) is 6.54 Å². The Morgan fingerprint density at radius 1 is 1.29 bits per heavy atom. The van der Waals surface area contributed by atoms with Gasteiger partial charge >= 0.3 is 0 Å². The molecule has 2 heterocycles. The van der Waals surface area contributed by atoms with Gasteiger partial charge in [0.05, 0.1) is 11.9 Å². The fourth-order valence-corrected chi connectivity index (χ4v) is 1.93. The molecule has 0 saturated carbocycles. The standard InChI is InChI=1S/C13H21N7O/c1-10(2)20-12(16-9-18-20)8-19-13(21)6-11(7-17-19)15-5-4-14-3/h6-7,9-10,14-15H,4-5,8H2,1-3H3. The molecule has 2 rings (SSSR count). The number of likely N-dealkylation sites (N-methyl/N-ethyl adjacent to an activating group) is 1. The van der Waals surface area contributed by atoms with Crippen molar-refractivity contribution in [2.24, 2.45) is 0 Å². The van der Waals surface area contributed by atoms with Crippen LogP contribution in [0.25, 0.3) is 0 Å². The van der Waals surface area contributed by atoms with Gasteiger partial charge in [-0.25, -0.2) is 14.3 Å². The SMILES string of the molecule is CNCCNc1cnn(Cc2ncnn2C(C)C)c(=O)c1. The van der Waals surface area contributed by atoms with Crippen LogP contribution in [0.4, 0.5) is 5.69 Å². The van der Waals surface area contributed by atoms with Gasteiger partial charge in [0, 0.05) is 25.2 Å². The minimum atomic E-state index is -0.164. The van der Waals surface area contributed by atoms with E-state index in [1.807, 2.05) is 20.9 Å². The Bertz CT molecular complexity index is 631. The molecule has 0 aromatic carbocycles. The summed E-state index contributed by atoms with van der Waals surface area (Å²) in [7, 11) is 1.88. The van der Waals surface area contributed by atoms with Crippen LogP contribution in [-0.2, 0) is 6.54 Å². The van der Waals surface area contributed by atoms with Crippen LogP contribution >= 0.6 is 0 Å². The second-order valence-corrected chi connectivity index (χ2v) is 4.99. The summed E-state index contributed by atoms with van der Waals surface area (Å²) in [5, 5.41) is 14.5. The molecule has 21 heavy (non-hydrogen) atoms. The van der Waals surface area contributed by atoms with Crippen molar-refractivity contribution in [2.45, 2.75) is 26.4 Å². The van der Waals surface area contributed by atoms with Crippen LogP contribution in [0, 0.1) is 0 Å². The molecule has 0 aliphatic carbocycles. The van der Waals surface area contributed by atoms with Crippen molar-refractivity contribution in [1.29, 1.82) is 0 Å². The lowest BCUT2D eigenvalue weighted by atomic mass is 10.4. The van der Waals surface area contributed by atoms with Crippen LogP contribution in [0.15, 0.2) is 23.4 Å². The zero-order valence-corrected chi connectivity index (χ0v) is 12.6. The number of hydrogen-bond donors (Lipinski definition) is 2. The van der Waals surface area contributed by atoms with Gasteiger partial charge in [0.15, 0.2) is 0 Å². The number of anilines is 1. The van der Waals surface area contributed by atoms with Gasteiger partial charge in [0.25, 0.3) is 5.56 Å². The van der Waals surface area contributed by atoms with E-state index in [9.17, 15) is 4.79 Å². The molecular weight excluding hydrogens is 270 g/mol. The first-order valence-corrected chi connectivity index (χ1v) is 6.96. The van der Waals surface area contributed by atoms with Crippen LogP contribution in [-0.4, -0.2) is 44.7 Å². The summed E-state index contributed by atoms with van der Waals surface area (Å²) in [6.45, 7) is 5.91. The Hall–Kier alpha value is -2.22. The lowest BCUT2D eigenvalue weighted by molar-refractivity contribution is 0.482. The Kier molecular flexibility index (Phi) is 5.04. The van der Waals surface area contributed by atoms with Crippen LogP contribution in [0.1, 0.15) is 25.7 Å². The predicted octanol–water partition coefficient (Wildman–Crippen LogP) is 0.0953. The molecular formula is C13H21N7O. The van der Waals surface area contributed by atoms with E-state index in [1.54, 1.807) is 16.9 Å². The fraction of sp³-hybridized carbons (Fsp3) is 0.538. The van der Waals surface area contributed by atoms with E-state index >= 15 is 0 Å². The molecule has 0 fully saturated rings. The van der Waals surface area contributed by atoms with Gasteiger partial charge in [0.2, 0.25) is 0 Å². The highest BCUT2D eigenvalue weighted by Gasteiger charge is 2.09. The van der Waals surface area contributed by atoms with E-state index in [-0.39, 0.29) is 11.6 Å². The van der Waals surface area contributed by atoms with E-state index < -0.39 is 0 Å². The summed E-state index contributed by atoms with van der Waals surface area (Å²) in [5.74, 6) is 0.718. The molecule has 0 aliphatic rings. The van der Waals surface area contributed by atoms with Crippen molar-refractivity contribution >= 4 is 5.69 Å². The molecule has 8 nitrogen and oxygen atoms in total. The third kappa shape index (κ3) is 3.88. The highest BCUT2D eigenvalue weighted by atomic mass is 16.1. The van der Waals surface area contributed by atoms with Gasteiger partial charge < -0.3 is 10.6 Å². The van der Waals surface area contributed by atoms with E-state index in [0.717, 1.165) is 24.6 Å². The third-order valence-corrected chi connectivity index (χ3v) is 3.00. The van der Waals surface area contributed by atoms with Crippen molar-refractivity contribution in [3.8, 4) is 0 Å². The van der Waals surface area contributed by atoms with Crippen molar-refractivity contribution in [3.05, 3.63) is 34.8 Å². The molecule has 0 atom stereocenters. The number of aromatic nitrogens is 5. The van der Waals surface area contributed by atoms with Crippen LogP contribution < -0.4 is 16.2 Å².